The summed E-state index contributed by atoms with van der Waals surface area (Å²) in [6.45, 7) is 3.86. The monoisotopic (exact) mass is 381 g/mol. The van der Waals surface area contributed by atoms with Crippen molar-refractivity contribution in [2.45, 2.75) is 58.2 Å². The topological polar surface area (TPSA) is 35.9 Å². The lowest BCUT2D eigenvalue weighted by atomic mass is 10.1. The smallest absolute Gasteiger partial charge is 0.225 e. The zero-order chi connectivity index (χ0) is 17.1. The highest BCUT2D eigenvalue weighted by molar-refractivity contribution is 8.14. The van der Waals surface area contributed by atoms with Gasteiger partial charge in [-0.3, -0.25) is 14.7 Å². The maximum atomic E-state index is 12.3. The third kappa shape index (κ3) is 4.91. The minimum atomic E-state index is 0. The molecule has 2 fully saturated rings. The van der Waals surface area contributed by atoms with E-state index < -0.39 is 0 Å². The summed E-state index contributed by atoms with van der Waals surface area (Å²) in [4.78, 5) is 21.2. The average Bonchev–Trinajstić information content (AvgIpc) is 3.32. The molecule has 1 aliphatic heterocycles. The molecular formula is C19H28ClN3OS. The predicted molar refractivity (Wildman–Crippen MR) is 110 cm³/mol. The van der Waals surface area contributed by atoms with Crippen LogP contribution in [0, 0.1) is 0 Å². The summed E-state index contributed by atoms with van der Waals surface area (Å²) in [6, 6.07) is 8.99. The highest BCUT2D eigenvalue weighted by Crippen LogP contribution is 2.32. The molecule has 1 unspecified atom stereocenters. The highest BCUT2D eigenvalue weighted by Gasteiger charge is 2.35. The molecule has 0 N–H and O–H groups in total. The van der Waals surface area contributed by atoms with Crippen molar-refractivity contribution in [1.29, 1.82) is 0 Å². The lowest BCUT2D eigenvalue weighted by Gasteiger charge is -2.32. The molecule has 3 rings (SSSR count). The second-order valence-electron chi connectivity index (χ2n) is 6.70. The second kappa shape index (κ2) is 8.95. The van der Waals surface area contributed by atoms with Crippen LogP contribution in [0.2, 0.25) is 0 Å². The van der Waals surface area contributed by atoms with Gasteiger partial charge in [0.2, 0.25) is 5.91 Å². The van der Waals surface area contributed by atoms with Gasteiger partial charge >= 0.3 is 0 Å². The third-order valence-electron chi connectivity index (χ3n) is 4.62. The molecule has 1 saturated carbocycles. The van der Waals surface area contributed by atoms with E-state index in [0.29, 0.717) is 6.04 Å². The Bertz CT molecular complexity index is 616. The van der Waals surface area contributed by atoms with Crippen LogP contribution in [0.3, 0.4) is 0 Å². The van der Waals surface area contributed by atoms with E-state index in [4.69, 9.17) is 4.99 Å². The summed E-state index contributed by atoms with van der Waals surface area (Å²) >= 11 is 1.76. The number of amidine groups is 1. The predicted octanol–water partition coefficient (Wildman–Crippen LogP) is 4.33. The van der Waals surface area contributed by atoms with Gasteiger partial charge < -0.3 is 4.90 Å². The molecule has 1 amide bonds. The van der Waals surface area contributed by atoms with Crippen LogP contribution >= 0.6 is 24.2 Å². The number of halogens is 1. The molecule has 1 aliphatic carbocycles. The van der Waals surface area contributed by atoms with E-state index in [1.807, 2.05) is 4.90 Å². The zero-order valence-corrected chi connectivity index (χ0v) is 16.9. The van der Waals surface area contributed by atoms with E-state index in [9.17, 15) is 4.79 Å². The Labute approximate surface area is 161 Å². The Balaban J connectivity index is 0.00000225. The SMILES string of the molecule is CCCCc1ccc(N(C(C)=O)C2CSC(=NC3CC3)N2C)cc1.Cl. The number of hydrogen-bond acceptors (Lipinski definition) is 3. The fourth-order valence-electron chi connectivity index (χ4n) is 2.99. The molecule has 1 atom stereocenters. The maximum absolute atomic E-state index is 12.3. The van der Waals surface area contributed by atoms with Crippen LogP contribution in [-0.4, -0.2) is 41.0 Å². The average molecular weight is 382 g/mol. The molecule has 1 saturated heterocycles. The number of unbranched alkanes of at least 4 members (excludes halogenated alkanes) is 1. The molecule has 1 heterocycles. The van der Waals surface area contributed by atoms with Crippen LogP contribution in [0.5, 0.6) is 0 Å². The molecule has 0 bridgehead atoms. The largest absolute Gasteiger partial charge is 0.333 e. The van der Waals surface area contributed by atoms with Gasteiger partial charge in [-0.2, -0.15) is 0 Å². The summed E-state index contributed by atoms with van der Waals surface area (Å²) in [5, 5.41) is 1.08. The van der Waals surface area contributed by atoms with Gasteiger partial charge in [-0.15, -0.1) is 12.4 Å². The quantitative estimate of drug-likeness (QED) is 0.735. The van der Waals surface area contributed by atoms with Gasteiger partial charge in [0.05, 0.1) is 6.04 Å². The van der Waals surface area contributed by atoms with E-state index >= 15 is 0 Å². The molecule has 0 radical (unpaired) electrons. The summed E-state index contributed by atoms with van der Waals surface area (Å²) in [7, 11) is 2.05. The molecule has 0 spiro atoms. The van der Waals surface area contributed by atoms with Crippen molar-refractivity contribution >= 4 is 40.9 Å². The minimum absolute atomic E-state index is 0. The normalized spacial score (nSPS) is 21.3. The Hall–Kier alpha value is -1.20. The van der Waals surface area contributed by atoms with Gasteiger partial charge in [-0.1, -0.05) is 37.2 Å². The lowest BCUT2D eigenvalue weighted by molar-refractivity contribution is -0.117. The molecule has 25 heavy (non-hydrogen) atoms. The zero-order valence-electron chi connectivity index (χ0n) is 15.3. The first-order valence-corrected chi connectivity index (χ1v) is 9.91. The number of aliphatic imine (C=N–C) groups is 1. The van der Waals surface area contributed by atoms with Gasteiger partial charge in [0, 0.05) is 25.4 Å². The third-order valence-corrected chi connectivity index (χ3v) is 5.74. The Morgan fingerprint density at radius 3 is 2.56 bits per heavy atom. The van der Waals surface area contributed by atoms with E-state index in [1.165, 1.54) is 31.2 Å². The highest BCUT2D eigenvalue weighted by atomic mass is 35.5. The standard InChI is InChI=1S/C19H27N3OS.ClH/c1-4-5-6-15-7-11-17(12-8-15)22(14(2)23)18-13-24-19(21(18)3)20-16-9-10-16;/h7-8,11-12,16,18H,4-6,9-10,13H2,1-3H3;1H. The molecule has 4 nitrogen and oxygen atoms in total. The van der Waals surface area contributed by atoms with Crippen molar-refractivity contribution in [3.8, 4) is 0 Å². The van der Waals surface area contributed by atoms with Crippen LogP contribution in [0.1, 0.15) is 45.1 Å². The van der Waals surface area contributed by atoms with Crippen molar-refractivity contribution in [3.63, 3.8) is 0 Å². The Morgan fingerprint density at radius 2 is 2.00 bits per heavy atom. The second-order valence-corrected chi connectivity index (χ2v) is 7.69. The van der Waals surface area contributed by atoms with E-state index in [0.717, 1.165) is 23.0 Å². The van der Waals surface area contributed by atoms with Gasteiger partial charge in [-0.25, -0.2) is 0 Å². The van der Waals surface area contributed by atoms with Crippen LogP contribution < -0.4 is 4.90 Å². The summed E-state index contributed by atoms with van der Waals surface area (Å²) in [6.07, 6.45) is 5.98. The summed E-state index contributed by atoms with van der Waals surface area (Å²) in [5.41, 5.74) is 2.32. The van der Waals surface area contributed by atoms with E-state index in [-0.39, 0.29) is 24.5 Å². The first-order valence-electron chi connectivity index (χ1n) is 8.92. The van der Waals surface area contributed by atoms with Gasteiger partial charge in [-0.05, 0) is 43.4 Å². The van der Waals surface area contributed by atoms with Crippen LogP contribution in [0.4, 0.5) is 5.69 Å². The number of benzene rings is 1. The van der Waals surface area contributed by atoms with Crippen molar-refractivity contribution in [2.24, 2.45) is 4.99 Å². The van der Waals surface area contributed by atoms with Crippen molar-refractivity contribution in [1.82, 2.24) is 4.90 Å². The number of nitrogens with zero attached hydrogens (tertiary/aromatic N) is 3. The molecule has 1 aromatic carbocycles. The van der Waals surface area contributed by atoms with Gasteiger partial charge in [0.25, 0.3) is 0 Å². The summed E-state index contributed by atoms with van der Waals surface area (Å²) in [5.74, 6) is 0.959. The number of rotatable bonds is 6. The molecule has 1 aromatic rings. The van der Waals surface area contributed by atoms with E-state index in [1.54, 1.807) is 18.7 Å². The fourth-order valence-corrected chi connectivity index (χ4v) is 4.21. The first kappa shape index (κ1) is 20.1. The van der Waals surface area contributed by atoms with Crippen LogP contribution in [0.15, 0.2) is 29.3 Å². The summed E-state index contributed by atoms with van der Waals surface area (Å²) < 4.78 is 0. The van der Waals surface area contributed by atoms with Crippen LogP contribution in [-0.2, 0) is 11.2 Å². The minimum Gasteiger partial charge on any atom is -0.333 e. The lowest BCUT2D eigenvalue weighted by Crippen LogP contribution is -2.48. The number of carbonyl (C=O) groups excluding carboxylic acids is 1. The van der Waals surface area contributed by atoms with Crippen molar-refractivity contribution in [2.75, 3.05) is 17.7 Å². The molecular weight excluding hydrogens is 354 g/mol. The van der Waals surface area contributed by atoms with Gasteiger partial charge in [0.15, 0.2) is 5.17 Å². The molecule has 0 aromatic heterocycles. The Kier molecular flexibility index (Phi) is 7.20. The van der Waals surface area contributed by atoms with Crippen molar-refractivity contribution < 1.29 is 4.79 Å². The van der Waals surface area contributed by atoms with E-state index in [2.05, 4.69) is 43.1 Å². The fraction of sp³-hybridized carbons (Fsp3) is 0.579. The van der Waals surface area contributed by atoms with Crippen molar-refractivity contribution in [3.05, 3.63) is 29.8 Å². The molecule has 138 valence electrons. The first-order chi connectivity index (χ1) is 11.6. The number of thioether (sulfide) groups is 1. The number of anilines is 1. The number of aryl methyl sites for hydroxylation is 1. The van der Waals surface area contributed by atoms with Gasteiger partial charge in [0.1, 0.15) is 6.17 Å². The van der Waals surface area contributed by atoms with Crippen LogP contribution in [0.25, 0.3) is 0 Å². The Morgan fingerprint density at radius 1 is 1.32 bits per heavy atom. The number of carbonyl (C=O) groups is 1. The number of hydrogen-bond donors (Lipinski definition) is 0. The maximum Gasteiger partial charge on any atom is 0.225 e. The molecule has 6 heteroatoms. The number of amides is 1. The molecule has 2 aliphatic rings.